The zero-order chi connectivity index (χ0) is 24.0. The Bertz CT molecular complexity index is 1250. The van der Waals surface area contributed by atoms with Gasteiger partial charge in [0, 0.05) is 30.8 Å². The summed E-state index contributed by atoms with van der Waals surface area (Å²) in [6.07, 6.45) is 3.47. The van der Waals surface area contributed by atoms with Gasteiger partial charge in [-0.2, -0.15) is 5.26 Å². The topological polar surface area (TPSA) is 73.6 Å². The van der Waals surface area contributed by atoms with Gasteiger partial charge in [-0.25, -0.2) is 4.79 Å². The Hall–Kier alpha value is -3.62. The van der Waals surface area contributed by atoms with Crippen LogP contribution in [0.3, 0.4) is 0 Å². The smallest absolute Gasteiger partial charge is 0.410 e. The Morgan fingerprint density at radius 1 is 0.943 bits per heavy atom. The lowest BCUT2D eigenvalue weighted by Crippen LogP contribution is -2.59. The first-order chi connectivity index (χ1) is 17.1. The summed E-state index contributed by atoms with van der Waals surface area (Å²) in [5.41, 5.74) is 5.24. The average molecular weight is 465 g/mol. The molecule has 5 nitrogen and oxygen atoms in total. The quantitative estimate of drug-likeness (QED) is 0.539. The number of hydrogen-bond donors (Lipinski definition) is 1. The molecule has 1 N–H and O–H groups in total. The first kappa shape index (κ1) is 21.9. The second-order valence-corrected chi connectivity index (χ2v) is 10.1. The third-order valence-corrected chi connectivity index (χ3v) is 8.11. The number of benzene rings is 3. The van der Waals surface area contributed by atoms with Crippen molar-refractivity contribution < 1.29 is 14.6 Å². The average Bonchev–Trinajstić information content (AvgIpc) is 3.20. The Morgan fingerprint density at radius 3 is 2.09 bits per heavy atom. The largest absolute Gasteiger partial charge is 0.448 e. The van der Waals surface area contributed by atoms with Crippen molar-refractivity contribution in [2.45, 2.75) is 55.7 Å². The number of aliphatic hydroxyl groups is 1. The van der Waals surface area contributed by atoms with Gasteiger partial charge >= 0.3 is 6.09 Å². The molecule has 3 aromatic carbocycles. The molecule has 0 aromatic heterocycles. The third-order valence-electron chi connectivity index (χ3n) is 8.11. The summed E-state index contributed by atoms with van der Waals surface area (Å²) in [6, 6.07) is 25.9. The molecule has 2 heterocycles. The normalized spacial score (nSPS) is 24.9. The Kier molecular flexibility index (Phi) is 5.35. The number of rotatable bonds is 3. The minimum atomic E-state index is -0.996. The molecule has 2 unspecified atom stereocenters. The van der Waals surface area contributed by atoms with Gasteiger partial charge in [0.2, 0.25) is 0 Å². The van der Waals surface area contributed by atoms with Crippen LogP contribution in [0.2, 0.25) is 0 Å². The van der Waals surface area contributed by atoms with Gasteiger partial charge in [-0.05, 0) is 59.2 Å². The lowest BCUT2D eigenvalue weighted by atomic mass is 9.72. The Labute approximate surface area is 205 Å². The second-order valence-electron chi connectivity index (χ2n) is 10.1. The van der Waals surface area contributed by atoms with E-state index in [0.29, 0.717) is 25.0 Å². The molecule has 0 saturated carbocycles. The number of fused-ring (bicyclic) bond motifs is 5. The van der Waals surface area contributed by atoms with Crippen molar-refractivity contribution in [1.29, 1.82) is 5.26 Å². The van der Waals surface area contributed by atoms with Gasteiger partial charge < -0.3 is 14.7 Å². The van der Waals surface area contributed by atoms with E-state index in [9.17, 15) is 9.90 Å². The van der Waals surface area contributed by atoms with Crippen molar-refractivity contribution in [1.82, 2.24) is 4.90 Å². The number of ether oxygens (including phenoxy) is 1. The first-order valence-corrected chi connectivity index (χ1v) is 12.4. The molecule has 176 valence electrons. The summed E-state index contributed by atoms with van der Waals surface area (Å²) in [5, 5.41) is 20.7. The molecule has 6 rings (SSSR count). The maximum absolute atomic E-state index is 13.4. The zero-order valence-corrected chi connectivity index (χ0v) is 19.6. The van der Waals surface area contributed by atoms with Crippen molar-refractivity contribution in [3.8, 4) is 17.2 Å². The molecule has 35 heavy (non-hydrogen) atoms. The van der Waals surface area contributed by atoms with Crippen LogP contribution in [0.15, 0.2) is 72.8 Å². The van der Waals surface area contributed by atoms with Crippen molar-refractivity contribution >= 4 is 6.09 Å². The number of hydrogen-bond acceptors (Lipinski definition) is 4. The number of amides is 1. The highest BCUT2D eigenvalue weighted by atomic mass is 16.6. The maximum atomic E-state index is 13.4. The number of carbonyl (C=O) groups is 1. The van der Waals surface area contributed by atoms with Crippen LogP contribution >= 0.6 is 0 Å². The number of carbonyl (C=O) groups excluding carboxylic acids is 1. The van der Waals surface area contributed by atoms with Crippen LogP contribution in [0.5, 0.6) is 0 Å². The molecule has 2 atom stereocenters. The van der Waals surface area contributed by atoms with E-state index >= 15 is 0 Å². The van der Waals surface area contributed by atoms with Gasteiger partial charge in [-0.1, -0.05) is 60.7 Å². The van der Waals surface area contributed by atoms with Gasteiger partial charge in [0.1, 0.15) is 6.61 Å². The number of nitrogens with zero attached hydrogens (tertiary/aromatic N) is 2. The van der Waals surface area contributed by atoms with E-state index in [-0.39, 0.29) is 24.1 Å². The molecule has 1 aliphatic carbocycles. The predicted molar refractivity (Wildman–Crippen MR) is 133 cm³/mol. The Morgan fingerprint density at radius 2 is 1.51 bits per heavy atom. The summed E-state index contributed by atoms with van der Waals surface area (Å²) in [6.45, 7) is 0.308. The molecule has 2 saturated heterocycles. The molecule has 3 aliphatic rings. The standard InChI is InChI=1S/C30H28N2O3/c31-18-20-12-14-21(15-13-20)30(34)16-22-6-5-7-23(17-30)32(22)29(33)35-19-28-26-10-3-1-8-24(26)25-9-2-4-11-27(25)28/h1-4,8-15,22-23,28,34H,5-7,16-17,19H2. The van der Waals surface area contributed by atoms with Crippen molar-refractivity contribution in [2.24, 2.45) is 0 Å². The number of piperidine rings is 2. The van der Waals surface area contributed by atoms with E-state index in [4.69, 9.17) is 10.00 Å². The van der Waals surface area contributed by atoms with E-state index in [1.54, 1.807) is 12.1 Å². The molecule has 3 aromatic rings. The first-order valence-electron chi connectivity index (χ1n) is 12.4. The molecule has 2 fully saturated rings. The van der Waals surface area contributed by atoms with Crippen LogP contribution in [0.4, 0.5) is 4.79 Å². The molecular formula is C30H28N2O3. The fourth-order valence-electron chi connectivity index (χ4n) is 6.49. The molecule has 0 spiro atoms. The van der Waals surface area contributed by atoms with Crippen molar-refractivity contribution in [3.63, 3.8) is 0 Å². The van der Waals surface area contributed by atoms with E-state index in [2.05, 4.69) is 30.3 Å². The fraction of sp³-hybridized carbons (Fsp3) is 0.333. The third kappa shape index (κ3) is 3.69. The van der Waals surface area contributed by atoms with Crippen LogP contribution in [0.25, 0.3) is 11.1 Å². The van der Waals surface area contributed by atoms with E-state index in [1.807, 2.05) is 41.3 Å². The summed E-state index contributed by atoms with van der Waals surface area (Å²) in [4.78, 5) is 15.3. The van der Waals surface area contributed by atoms with Crippen LogP contribution in [-0.4, -0.2) is 34.8 Å². The van der Waals surface area contributed by atoms with E-state index in [0.717, 1.165) is 24.8 Å². The van der Waals surface area contributed by atoms with Gasteiger partial charge in [0.25, 0.3) is 0 Å². The fourth-order valence-corrected chi connectivity index (χ4v) is 6.49. The molecule has 0 radical (unpaired) electrons. The van der Waals surface area contributed by atoms with Crippen LogP contribution < -0.4 is 0 Å². The highest BCUT2D eigenvalue weighted by Crippen LogP contribution is 2.46. The monoisotopic (exact) mass is 464 g/mol. The molecule has 1 amide bonds. The van der Waals surface area contributed by atoms with Crippen LogP contribution in [0, 0.1) is 11.3 Å². The van der Waals surface area contributed by atoms with Gasteiger partial charge in [-0.3, -0.25) is 0 Å². The SMILES string of the molecule is N#Cc1ccc(C2(O)CC3CCCC(C2)N3C(=O)OCC2c3ccccc3-c3ccccc32)cc1. The molecule has 2 bridgehead atoms. The van der Waals surface area contributed by atoms with Gasteiger partial charge in [0.15, 0.2) is 0 Å². The second kappa shape index (κ2) is 8.55. The summed E-state index contributed by atoms with van der Waals surface area (Å²) in [5.74, 6) is 0.0339. The number of nitriles is 1. The van der Waals surface area contributed by atoms with Crippen LogP contribution in [-0.2, 0) is 10.3 Å². The summed E-state index contributed by atoms with van der Waals surface area (Å²) in [7, 11) is 0. The van der Waals surface area contributed by atoms with Gasteiger partial charge in [0.05, 0.1) is 17.2 Å². The zero-order valence-electron chi connectivity index (χ0n) is 19.6. The summed E-state index contributed by atoms with van der Waals surface area (Å²) < 4.78 is 5.99. The Balaban J connectivity index is 1.20. The summed E-state index contributed by atoms with van der Waals surface area (Å²) >= 11 is 0. The minimum absolute atomic E-state index is 0.0339. The lowest BCUT2D eigenvalue weighted by Gasteiger charge is -2.51. The molecule has 2 aliphatic heterocycles. The highest BCUT2D eigenvalue weighted by molar-refractivity contribution is 5.79. The van der Waals surface area contributed by atoms with E-state index in [1.165, 1.54) is 22.3 Å². The van der Waals surface area contributed by atoms with Crippen LogP contribution in [0.1, 0.15) is 60.3 Å². The lowest BCUT2D eigenvalue weighted by molar-refractivity contribution is -0.0891. The van der Waals surface area contributed by atoms with Gasteiger partial charge in [-0.15, -0.1) is 0 Å². The maximum Gasteiger partial charge on any atom is 0.410 e. The molecule has 5 heteroatoms. The van der Waals surface area contributed by atoms with Crippen molar-refractivity contribution in [3.05, 3.63) is 95.1 Å². The van der Waals surface area contributed by atoms with E-state index < -0.39 is 5.60 Å². The highest BCUT2D eigenvalue weighted by Gasteiger charge is 2.48. The molecular weight excluding hydrogens is 436 g/mol. The van der Waals surface area contributed by atoms with Crippen molar-refractivity contribution in [2.75, 3.05) is 6.61 Å². The minimum Gasteiger partial charge on any atom is -0.448 e. The predicted octanol–water partition coefficient (Wildman–Crippen LogP) is 5.71.